The molecule has 2 rings (SSSR count). The zero-order chi connectivity index (χ0) is 14.0. The molecule has 0 aliphatic rings. The molecule has 1 heterocycles. The van der Waals surface area contributed by atoms with Crippen molar-refractivity contribution in [3.63, 3.8) is 0 Å². The zero-order valence-electron chi connectivity index (χ0n) is 11.8. The van der Waals surface area contributed by atoms with Crippen molar-refractivity contribution in [2.75, 3.05) is 13.9 Å². The molecule has 0 saturated heterocycles. The average Bonchev–Trinajstić information content (AvgIpc) is 2.40. The Labute approximate surface area is 113 Å². The number of benzene rings is 1. The van der Waals surface area contributed by atoms with E-state index in [1.807, 2.05) is 26.0 Å². The quantitative estimate of drug-likeness (QED) is 0.860. The van der Waals surface area contributed by atoms with Gasteiger partial charge in [-0.05, 0) is 38.0 Å². The van der Waals surface area contributed by atoms with Crippen LogP contribution in [-0.4, -0.2) is 24.0 Å². The summed E-state index contributed by atoms with van der Waals surface area (Å²) in [7, 11) is 1.57. The van der Waals surface area contributed by atoms with Crippen molar-refractivity contribution < 1.29 is 14.6 Å². The van der Waals surface area contributed by atoms with Gasteiger partial charge in [0.15, 0.2) is 6.79 Å². The molecule has 0 spiro atoms. The molecular weight excluding hydrogens is 242 g/mol. The summed E-state index contributed by atoms with van der Waals surface area (Å²) in [6.45, 7) is 6.04. The van der Waals surface area contributed by atoms with Crippen molar-refractivity contribution in [1.29, 1.82) is 0 Å². The predicted octanol–water partition coefficient (Wildman–Crippen LogP) is 2.64. The lowest BCUT2D eigenvalue weighted by Crippen LogP contribution is -2.06. The number of fused-ring (bicyclic) bond motifs is 1. The van der Waals surface area contributed by atoms with Crippen LogP contribution in [0.15, 0.2) is 12.1 Å². The van der Waals surface area contributed by atoms with Crippen LogP contribution in [-0.2, 0) is 11.3 Å². The standard InChI is InChI=1S/C15H19NO3/c1-9-5-6-12-14(10(9)2)16-11(3)13(7-17)15(12)19-8-18-4/h5-6,17H,7-8H2,1-4H3. The van der Waals surface area contributed by atoms with Crippen molar-refractivity contribution in [2.24, 2.45) is 0 Å². The van der Waals surface area contributed by atoms with Crippen molar-refractivity contribution in [1.82, 2.24) is 4.98 Å². The average molecular weight is 261 g/mol. The SMILES string of the molecule is COCOc1c(CO)c(C)nc2c(C)c(C)ccc12. The third-order valence-corrected chi connectivity index (χ3v) is 3.42. The van der Waals surface area contributed by atoms with Crippen LogP contribution >= 0.6 is 0 Å². The minimum Gasteiger partial charge on any atom is -0.466 e. The Hall–Kier alpha value is -1.65. The summed E-state index contributed by atoms with van der Waals surface area (Å²) in [5.41, 5.74) is 4.74. The molecule has 19 heavy (non-hydrogen) atoms. The number of hydrogen-bond acceptors (Lipinski definition) is 4. The van der Waals surface area contributed by atoms with Gasteiger partial charge < -0.3 is 14.6 Å². The first kappa shape index (κ1) is 13.8. The summed E-state index contributed by atoms with van der Waals surface area (Å²) in [6, 6.07) is 4.02. The van der Waals surface area contributed by atoms with E-state index >= 15 is 0 Å². The Morgan fingerprint density at radius 2 is 1.95 bits per heavy atom. The number of ether oxygens (including phenoxy) is 2. The Morgan fingerprint density at radius 3 is 2.58 bits per heavy atom. The van der Waals surface area contributed by atoms with Gasteiger partial charge in [0.25, 0.3) is 0 Å². The van der Waals surface area contributed by atoms with Gasteiger partial charge in [0.1, 0.15) is 5.75 Å². The number of nitrogens with zero attached hydrogens (tertiary/aromatic N) is 1. The summed E-state index contributed by atoms with van der Waals surface area (Å²) in [6.07, 6.45) is 0. The molecule has 0 atom stereocenters. The van der Waals surface area contributed by atoms with Gasteiger partial charge in [0, 0.05) is 23.8 Å². The third kappa shape index (κ3) is 2.41. The maximum Gasteiger partial charge on any atom is 0.188 e. The molecule has 2 aromatic rings. The smallest absolute Gasteiger partial charge is 0.188 e. The van der Waals surface area contributed by atoms with Crippen LogP contribution in [0.4, 0.5) is 0 Å². The minimum atomic E-state index is -0.0965. The molecule has 1 N–H and O–H groups in total. The highest BCUT2D eigenvalue weighted by molar-refractivity contribution is 5.89. The summed E-state index contributed by atoms with van der Waals surface area (Å²) < 4.78 is 10.6. The predicted molar refractivity (Wildman–Crippen MR) is 74.4 cm³/mol. The minimum absolute atomic E-state index is 0.0965. The van der Waals surface area contributed by atoms with Gasteiger partial charge in [-0.3, -0.25) is 4.98 Å². The Balaban J connectivity index is 2.75. The van der Waals surface area contributed by atoms with Gasteiger partial charge in [-0.25, -0.2) is 0 Å². The van der Waals surface area contributed by atoms with Crippen molar-refractivity contribution in [3.05, 3.63) is 34.5 Å². The van der Waals surface area contributed by atoms with E-state index < -0.39 is 0 Å². The highest BCUT2D eigenvalue weighted by atomic mass is 16.7. The van der Waals surface area contributed by atoms with E-state index in [1.54, 1.807) is 7.11 Å². The van der Waals surface area contributed by atoms with Crippen LogP contribution in [0.25, 0.3) is 10.9 Å². The molecule has 0 aliphatic heterocycles. The number of aryl methyl sites for hydroxylation is 3. The van der Waals surface area contributed by atoms with Gasteiger partial charge in [-0.1, -0.05) is 6.07 Å². The van der Waals surface area contributed by atoms with Crippen LogP contribution in [0.2, 0.25) is 0 Å². The Bertz CT molecular complexity index is 608. The second-order valence-electron chi connectivity index (χ2n) is 4.62. The van der Waals surface area contributed by atoms with Crippen LogP contribution in [0.3, 0.4) is 0 Å². The van der Waals surface area contributed by atoms with E-state index in [0.29, 0.717) is 11.3 Å². The number of hydrogen-bond donors (Lipinski definition) is 1. The molecule has 1 aromatic carbocycles. The van der Waals surface area contributed by atoms with Gasteiger partial charge >= 0.3 is 0 Å². The molecule has 1 aromatic heterocycles. The molecule has 0 bridgehead atoms. The summed E-state index contributed by atoms with van der Waals surface area (Å²) >= 11 is 0. The molecule has 0 fully saturated rings. The number of aliphatic hydroxyl groups is 1. The Kier molecular flexibility index (Phi) is 4.02. The summed E-state index contributed by atoms with van der Waals surface area (Å²) in [4.78, 5) is 4.59. The highest BCUT2D eigenvalue weighted by Gasteiger charge is 2.15. The largest absolute Gasteiger partial charge is 0.466 e. The number of methoxy groups -OCH3 is 1. The topological polar surface area (TPSA) is 51.6 Å². The fourth-order valence-electron chi connectivity index (χ4n) is 2.16. The van der Waals surface area contributed by atoms with Gasteiger partial charge in [0.05, 0.1) is 12.1 Å². The van der Waals surface area contributed by atoms with E-state index in [-0.39, 0.29) is 13.4 Å². The van der Waals surface area contributed by atoms with E-state index in [0.717, 1.165) is 22.2 Å². The Morgan fingerprint density at radius 1 is 1.21 bits per heavy atom. The molecule has 0 unspecified atom stereocenters. The maximum atomic E-state index is 9.52. The lowest BCUT2D eigenvalue weighted by molar-refractivity contribution is 0.0505. The number of aromatic nitrogens is 1. The summed E-state index contributed by atoms with van der Waals surface area (Å²) in [5, 5.41) is 10.4. The fourth-order valence-corrected chi connectivity index (χ4v) is 2.16. The second kappa shape index (κ2) is 5.55. The molecule has 0 aliphatic carbocycles. The van der Waals surface area contributed by atoms with Crippen molar-refractivity contribution in [3.8, 4) is 5.75 Å². The number of aliphatic hydroxyl groups excluding tert-OH is 1. The molecule has 0 radical (unpaired) electrons. The van der Waals surface area contributed by atoms with Crippen LogP contribution < -0.4 is 4.74 Å². The third-order valence-electron chi connectivity index (χ3n) is 3.42. The fraction of sp³-hybridized carbons (Fsp3) is 0.400. The van der Waals surface area contributed by atoms with E-state index in [4.69, 9.17) is 9.47 Å². The zero-order valence-corrected chi connectivity index (χ0v) is 11.8. The van der Waals surface area contributed by atoms with E-state index in [1.165, 1.54) is 5.56 Å². The van der Waals surface area contributed by atoms with E-state index in [2.05, 4.69) is 11.9 Å². The van der Waals surface area contributed by atoms with Gasteiger partial charge in [-0.2, -0.15) is 0 Å². The normalized spacial score (nSPS) is 11.0. The van der Waals surface area contributed by atoms with Crippen LogP contribution in [0, 0.1) is 20.8 Å². The van der Waals surface area contributed by atoms with Crippen LogP contribution in [0.1, 0.15) is 22.4 Å². The molecule has 4 nitrogen and oxygen atoms in total. The first-order valence-electron chi connectivity index (χ1n) is 6.22. The van der Waals surface area contributed by atoms with Crippen molar-refractivity contribution >= 4 is 10.9 Å². The molecule has 102 valence electrons. The van der Waals surface area contributed by atoms with Gasteiger partial charge in [-0.15, -0.1) is 0 Å². The van der Waals surface area contributed by atoms with Crippen molar-refractivity contribution in [2.45, 2.75) is 27.4 Å². The molecule has 0 saturated carbocycles. The second-order valence-corrected chi connectivity index (χ2v) is 4.62. The molecular formula is C15H19NO3. The summed E-state index contributed by atoms with van der Waals surface area (Å²) in [5.74, 6) is 0.662. The van der Waals surface area contributed by atoms with Gasteiger partial charge in [0.2, 0.25) is 0 Å². The lowest BCUT2D eigenvalue weighted by atomic mass is 10.0. The monoisotopic (exact) mass is 261 g/mol. The molecule has 4 heteroatoms. The maximum absolute atomic E-state index is 9.52. The number of rotatable bonds is 4. The first-order valence-corrected chi connectivity index (χ1v) is 6.22. The van der Waals surface area contributed by atoms with Crippen LogP contribution in [0.5, 0.6) is 5.75 Å². The van der Waals surface area contributed by atoms with E-state index in [9.17, 15) is 5.11 Å². The number of pyridine rings is 1. The molecule has 0 amide bonds. The first-order chi connectivity index (χ1) is 9.10. The highest BCUT2D eigenvalue weighted by Crippen LogP contribution is 2.33. The lowest BCUT2D eigenvalue weighted by Gasteiger charge is -2.16.